The number of ether oxygens (including phenoxy) is 3. The van der Waals surface area contributed by atoms with Crippen LogP contribution >= 0.6 is 0 Å². The van der Waals surface area contributed by atoms with Gasteiger partial charge in [0, 0.05) is 17.2 Å². The van der Waals surface area contributed by atoms with E-state index in [1.165, 1.54) is 63.4 Å². The van der Waals surface area contributed by atoms with Crippen LogP contribution in [0.25, 0.3) is 6.08 Å². The molecule has 0 fully saturated rings. The van der Waals surface area contributed by atoms with Gasteiger partial charge in [0.2, 0.25) is 0 Å². The number of carbonyl (C=O) groups excluding carboxylic acids is 3. The summed E-state index contributed by atoms with van der Waals surface area (Å²) in [6.07, 6.45) is 15.8. The second-order valence-electron chi connectivity index (χ2n) is 9.31. The van der Waals surface area contributed by atoms with E-state index >= 15 is 0 Å². The van der Waals surface area contributed by atoms with E-state index in [2.05, 4.69) is 42.7 Å². The molecule has 0 spiro atoms. The Kier molecular flexibility index (Phi) is 34.6. The number of hydrogen-bond acceptors (Lipinski definition) is 7. The third-order valence-electron chi connectivity index (χ3n) is 5.24. The molecule has 0 aliphatic rings. The molecule has 0 aromatic heterocycles. The van der Waals surface area contributed by atoms with Crippen LogP contribution < -0.4 is 0 Å². The Morgan fingerprint density at radius 3 is 1.55 bits per heavy atom. The maximum absolute atomic E-state index is 11.1. The fourth-order valence-electron chi connectivity index (χ4n) is 2.93. The molecule has 1 rings (SSSR count). The number of hydrogen-bond donors (Lipinski definition) is 1. The fraction of sp³-hybridized carbons (Fsp3) is 0.514. The number of rotatable bonds is 18. The molecule has 0 heterocycles. The molecule has 7 heteroatoms. The van der Waals surface area contributed by atoms with Gasteiger partial charge in [-0.25, -0.2) is 14.4 Å². The Hall–Kier alpha value is -3.45. The summed E-state index contributed by atoms with van der Waals surface area (Å²) >= 11 is 0. The SMILES string of the molecule is C=C(C)C(=O)OCC.C=C(C)C(=O)OCCCCCCCCCCCC.C=CC(=O)OCCO.C=Cc1ccccc1. The summed E-state index contributed by atoms with van der Waals surface area (Å²) in [5.41, 5.74) is 2.11. The van der Waals surface area contributed by atoms with Crippen LogP contribution in [0.15, 0.2) is 73.9 Å². The molecule has 0 amide bonds. The largest absolute Gasteiger partial charge is 0.463 e. The lowest BCUT2D eigenvalue weighted by molar-refractivity contribution is -0.139. The fourth-order valence-corrected chi connectivity index (χ4v) is 2.93. The Morgan fingerprint density at radius 2 is 1.19 bits per heavy atom. The van der Waals surface area contributed by atoms with Gasteiger partial charge >= 0.3 is 17.9 Å². The van der Waals surface area contributed by atoms with E-state index in [4.69, 9.17) is 9.84 Å². The molecule has 42 heavy (non-hydrogen) atoms. The molecule has 1 aromatic rings. The first-order valence-corrected chi connectivity index (χ1v) is 14.8. The van der Waals surface area contributed by atoms with Crippen molar-refractivity contribution in [3.8, 4) is 0 Å². The Bertz CT molecular complexity index is 857. The molecule has 0 unspecified atom stereocenters. The Labute approximate surface area is 255 Å². The highest BCUT2D eigenvalue weighted by Crippen LogP contribution is 2.10. The van der Waals surface area contributed by atoms with Gasteiger partial charge in [-0.2, -0.15) is 0 Å². The van der Waals surface area contributed by atoms with Crippen LogP contribution in [0.3, 0.4) is 0 Å². The van der Waals surface area contributed by atoms with Gasteiger partial charge in [0.1, 0.15) is 6.61 Å². The van der Waals surface area contributed by atoms with Crippen molar-refractivity contribution >= 4 is 24.0 Å². The van der Waals surface area contributed by atoms with Crippen LogP contribution in [-0.4, -0.2) is 49.4 Å². The van der Waals surface area contributed by atoms with Crippen molar-refractivity contribution in [1.82, 2.24) is 0 Å². The molecule has 0 atom stereocenters. The summed E-state index contributed by atoms with van der Waals surface area (Å²) < 4.78 is 13.9. The molecule has 238 valence electrons. The first kappa shape index (κ1) is 43.0. The van der Waals surface area contributed by atoms with E-state index < -0.39 is 5.97 Å². The van der Waals surface area contributed by atoms with Crippen LogP contribution in [0.4, 0.5) is 0 Å². The second-order valence-corrected chi connectivity index (χ2v) is 9.31. The molecule has 0 radical (unpaired) electrons. The van der Waals surface area contributed by atoms with Crippen molar-refractivity contribution in [2.75, 3.05) is 26.4 Å². The first-order chi connectivity index (χ1) is 20.1. The smallest absolute Gasteiger partial charge is 0.333 e. The lowest BCUT2D eigenvalue weighted by atomic mass is 10.1. The molecular weight excluding hydrogens is 532 g/mol. The molecule has 0 aliphatic heterocycles. The number of unbranched alkanes of at least 4 members (excludes halogenated alkanes) is 9. The Morgan fingerprint density at radius 1 is 0.714 bits per heavy atom. The predicted octanol–water partition coefficient (Wildman–Crippen LogP) is 8.19. The average Bonchev–Trinajstić information content (AvgIpc) is 2.99. The highest BCUT2D eigenvalue weighted by Gasteiger charge is 2.01. The van der Waals surface area contributed by atoms with Crippen molar-refractivity contribution in [2.24, 2.45) is 0 Å². The van der Waals surface area contributed by atoms with Crippen LogP contribution in [-0.2, 0) is 28.6 Å². The zero-order chi connectivity index (χ0) is 32.4. The lowest BCUT2D eigenvalue weighted by Crippen LogP contribution is -2.05. The van der Waals surface area contributed by atoms with Gasteiger partial charge in [-0.3, -0.25) is 0 Å². The minimum Gasteiger partial charge on any atom is -0.463 e. The maximum atomic E-state index is 11.1. The third kappa shape index (κ3) is 34.6. The maximum Gasteiger partial charge on any atom is 0.333 e. The molecule has 1 N–H and O–H groups in total. The van der Waals surface area contributed by atoms with E-state index in [1.54, 1.807) is 20.8 Å². The van der Waals surface area contributed by atoms with Crippen molar-refractivity contribution < 1.29 is 33.7 Å². The van der Waals surface area contributed by atoms with E-state index in [9.17, 15) is 14.4 Å². The lowest BCUT2D eigenvalue weighted by Gasteiger charge is -2.04. The molecule has 1 aromatic carbocycles. The minimum absolute atomic E-state index is 0.0465. The van der Waals surface area contributed by atoms with Crippen LogP contribution in [0, 0.1) is 0 Å². The van der Waals surface area contributed by atoms with Crippen LogP contribution in [0.5, 0.6) is 0 Å². The predicted molar refractivity (Wildman–Crippen MR) is 174 cm³/mol. The summed E-state index contributed by atoms with van der Waals surface area (Å²) in [6.45, 7) is 21.9. The quantitative estimate of drug-likeness (QED) is 0.0799. The summed E-state index contributed by atoms with van der Waals surface area (Å²) in [5, 5.41) is 8.10. The van der Waals surface area contributed by atoms with Gasteiger partial charge in [0.05, 0.1) is 19.8 Å². The van der Waals surface area contributed by atoms with Gasteiger partial charge < -0.3 is 19.3 Å². The molecule has 0 saturated heterocycles. The van der Waals surface area contributed by atoms with Gasteiger partial charge in [-0.15, -0.1) is 0 Å². The van der Waals surface area contributed by atoms with Crippen LogP contribution in [0.2, 0.25) is 0 Å². The highest BCUT2D eigenvalue weighted by atomic mass is 16.5. The zero-order valence-electron chi connectivity index (χ0n) is 26.7. The van der Waals surface area contributed by atoms with Gasteiger partial charge in [0.15, 0.2) is 0 Å². The zero-order valence-corrected chi connectivity index (χ0v) is 26.7. The first-order valence-electron chi connectivity index (χ1n) is 14.8. The average molecular weight is 589 g/mol. The van der Waals surface area contributed by atoms with Crippen LogP contribution in [0.1, 0.15) is 97.5 Å². The molecule has 0 aliphatic carbocycles. The highest BCUT2D eigenvalue weighted by molar-refractivity contribution is 5.87. The van der Waals surface area contributed by atoms with Gasteiger partial charge in [-0.1, -0.05) is 127 Å². The normalized spacial score (nSPS) is 9.17. The van der Waals surface area contributed by atoms with Crippen molar-refractivity contribution in [3.63, 3.8) is 0 Å². The second kappa shape index (κ2) is 33.8. The number of aliphatic hydroxyl groups is 1. The van der Waals surface area contributed by atoms with Gasteiger partial charge in [-0.05, 0) is 32.8 Å². The number of aliphatic hydroxyl groups excluding tert-OH is 1. The number of benzene rings is 1. The van der Waals surface area contributed by atoms with Crippen molar-refractivity contribution in [2.45, 2.75) is 91.9 Å². The standard InChI is InChI=1S/C16H30O2.C8H8.C6H10O2.C5H8O3/c1-4-5-6-7-8-9-10-11-12-13-14-18-16(17)15(2)3;1-2-8-6-4-3-5-7-8;1-4-8-6(7)5(2)3;1-2-5(7)8-4-3-6/h2,4-14H2,1,3H3;2-7H,1H2;2,4H2,1,3H3;2,6H,1,3-4H2. The van der Waals surface area contributed by atoms with E-state index in [0.29, 0.717) is 24.4 Å². The summed E-state index contributed by atoms with van der Waals surface area (Å²) in [5.74, 6) is -1.07. The summed E-state index contributed by atoms with van der Waals surface area (Å²) in [7, 11) is 0. The third-order valence-corrected chi connectivity index (χ3v) is 5.24. The monoisotopic (exact) mass is 588 g/mol. The van der Waals surface area contributed by atoms with Crippen molar-refractivity contribution in [1.29, 1.82) is 0 Å². The minimum atomic E-state index is -0.501. The molecule has 7 nitrogen and oxygen atoms in total. The van der Waals surface area contributed by atoms with Crippen molar-refractivity contribution in [3.05, 3.63) is 79.4 Å². The topological polar surface area (TPSA) is 99.1 Å². The Balaban J connectivity index is -0.000000529. The molecular formula is C35H56O7. The summed E-state index contributed by atoms with van der Waals surface area (Å²) in [6, 6.07) is 10.0. The van der Waals surface area contributed by atoms with E-state index in [-0.39, 0.29) is 25.2 Å². The van der Waals surface area contributed by atoms with E-state index in [1.807, 2.05) is 36.4 Å². The number of carbonyl (C=O) groups is 3. The molecule has 0 saturated carbocycles. The summed E-state index contributed by atoms with van der Waals surface area (Å²) in [4.78, 5) is 31.6. The van der Waals surface area contributed by atoms with E-state index in [0.717, 1.165) is 12.5 Å². The van der Waals surface area contributed by atoms with Gasteiger partial charge in [0.25, 0.3) is 0 Å². The molecule has 0 bridgehead atoms. The number of esters is 3.